The Bertz CT molecular complexity index is 1120. The molecule has 1 atom stereocenters. The number of rotatable bonds is 5. The Morgan fingerprint density at radius 2 is 1.72 bits per heavy atom. The molecule has 2 heterocycles. The zero-order chi connectivity index (χ0) is 20.6. The van der Waals surface area contributed by atoms with Crippen LogP contribution >= 0.6 is 0 Å². The van der Waals surface area contributed by atoms with Crippen molar-refractivity contribution >= 4 is 21.4 Å². The minimum Gasteiger partial charge on any atom is -0.378 e. The van der Waals surface area contributed by atoms with Gasteiger partial charge in [-0.3, -0.25) is 0 Å². The molecule has 4 rings (SSSR count). The lowest BCUT2D eigenvalue weighted by molar-refractivity contribution is 0.375. The van der Waals surface area contributed by atoms with Gasteiger partial charge in [0, 0.05) is 26.2 Å². The molecule has 0 bridgehead atoms. The van der Waals surface area contributed by atoms with Gasteiger partial charge in [-0.15, -0.1) is 0 Å². The molecule has 9 heteroatoms. The summed E-state index contributed by atoms with van der Waals surface area (Å²) < 4.78 is 27.6. The molecule has 0 aliphatic carbocycles. The molecule has 0 spiro atoms. The summed E-state index contributed by atoms with van der Waals surface area (Å²) in [6.07, 6.45) is 4.80. The average molecular weight is 411 g/mol. The Balaban J connectivity index is 1.63. The Labute approximate surface area is 170 Å². The van der Waals surface area contributed by atoms with Crippen LogP contribution in [0.5, 0.6) is 0 Å². The molecule has 0 N–H and O–H groups in total. The van der Waals surface area contributed by atoms with Crippen molar-refractivity contribution in [2.45, 2.75) is 12.5 Å². The van der Waals surface area contributed by atoms with Crippen LogP contribution in [0.1, 0.15) is 23.6 Å². The smallest absolute Gasteiger partial charge is 0.247 e. The van der Waals surface area contributed by atoms with E-state index < -0.39 is 10.0 Å². The molecule has 0 fully saturated rings. The van der Waals surface area contributed by atoms with E-state index >= 15 is 0 Å². The molecule has 0 saturated carbocycles. The maximum absolute atomic E-state index is 12.4. The summed E-state index contributed by atoms with van der Waals surface area (Å²) in [6, 6.07) is 15.2. The monoisotopic (exact) mass is 410 g/mol. The highest BCUT2D eigenvalue weighted by molar-refractivity contribution is 7.88. The fourth-order valence-electron chi connectivity index (χ4n) is 3.36. The van der Waals surface area contributed by atoms with E-state index in [1.807, 2.05) is 67.5 Å². The first-order valence-corrected chi connectivity index (χ1v) is 11.0. The lowest BCUT2D eigenvalue weighted by atomic mass is 9.99. The second-order valence-corrected chi connectivity index (χ2v) is 9.02. The molecule has 1 aromatic heterocycles. The molecule has 3 aromatic rings. The van der Waals surface area contributed by atoms with E-state index in [1.54, 1.807) is 11.0 Å². The Morgan fingerprint density at radius 1 is 1.03 bits per heavy atom. The summed E-state index contributed by atoms with van der Waals surface area (Å²) in [4.78, 5) is 5.95. The fourth-order valence-corrected chi connectivity index (χ4v) is 4.27. The molecule has 0 radical (unpaired) electrons. The van der Waals surface area contributed by atoms with Crippen LogP contribution in [0.3, 0.4) is 0 Å². The van der Waals surface area contributed by atoms with E-state index in [4.69, 9.17) is 0 Å². The van der Waals surface area contributed by atoms with E-state index in [1.165, 1.54) is 17.0 Å². The average Bonchev–Trinajstić information content (AvgIpc) is 3.38. The molecule has 1 unspecified atom stereocenters. The van der Waals surface area contributed by atoms with Crippen molar-refractivity contribution in [1.82, 2.24) is 19.2 Å². The van der Waals surface area contributed by atoms with Crippen LogP contribution in [0, 0.1) is 0 Å². The normalized spacial score (nSPS) is 16.7. The maximum Gasteiger partial charge on any atom is 0.247 e. The van der Waals surface area contributed by atoms with E-state index in [9.17, 15) is 8.42 Å². The van der Waals surface area contributed by atoms with E-state index in [2.05, 4.69) is 15.2 Å². The number of sulfonamides is 1. The highest BCUT2D eigenvalue weighted by Crippen LogP contribution is 2.35. The predicted molar refractivity (Wildman–Crippen MR) is 113 cm³/mol. The molecule has 0 amide bonds. The van der Waals surface area contributed by atoms with Gasteiger partial charge >= 0.3 is 0 Å². The number of nitrogens with zero attached hydrogens (tertiary/aromatic N) is 6. The van der Waals surface area contributed by atoms with Gasteiger partial charge in [0.1, 0.15) is 12.7 Å². The number of benzene rings is 2. The van der Waals surface area contributed by atoms with Gasteiger partial charge in [-0.2, -0.15) is 14.6 Å². The Hall–Kier alpha value is -3.20. The second-order valence-electron chi connectivity index (χ2n) is 7.18. The summed E-state index contributed by atoms with van der Waals surface area (Å²) in [5, 5.41) is 8.57. The van der Waals surface area contributed by atoms with Gasteiger partial charge in [0.2, 0.25) is 10.0 Å². The van der Waals surface area contributed by atoms with Crippen molar-refractivity contribution in [3.8, 4) is 5.69 Å². The van der Waals surface area contributed by atoms with Gasteiger partial charge in [0.05, 0.1) is 23.7 Å². The van der Waals surface area contributed by atoms with E-state index in [-0.39, 0.29) is 6.04 Å². The van der Waals surface area contributed by atoms with Crippen LogP contribution in [-0.4, -0.2) is 53.7 Å². The summed E-state index contributed by atoms with van der Waals surface area (Å²) >= 11 is 0. The fraction of sp³-hybridized carbons (Fsp3) is 0.250. The largest absolute Gasteiger partial charge is 0.378 e. The quantitative estimate of drug-likeness (QED) is 0.645. The van der Waals surface area contributed by atoms with Gasteiger partial charge in [-0.1, -0.05) is 24.3 Å². The lowest BCUT2D eigenvalue weighted by Crippen LogP contribution is -2.26. The number of anilines is 1. The number of hydrazone groups is 1. The number of hydrogen-bond acceptors (Lipinski definition) is 6. The van der Waals surface area contributed by atoms with Crippen molar-refractivity contribution < 1.29 is 8.42 Å². The minimum absolute atomic E-state index is 0.355. The summed E-state index contributed by atoms with van der Waals surface area (Å²) in [5.41, 5.74) is 4.47. The van der Waals surface area contributed by atoms with Gasteiger partial charge in [-0.25, -0.2) is 18.1 Å². The standard InChI is InChI=1S/C20H22N6O2S/c1-24(2)17-8-6-16(7-9-17)20-12-19(23-26(20)29(3,27)28)15-4-10-18(11-5-15)25-14-21-13-22-25/h4-11,13-14,20H,12H2,1-3H3. The Kier molecular flexibility index (Phi) is 4.83. The van der Waals surface area contributed by atoms with Gasteiger partial charge in [-0.05, 0) is 35.4 Å². The molecule has 150 valence electrons. The predicted octanol–water partition coefficient (Wildman–Crippen LogP) is 2.44. The molecule has 8 nitrogen and oxygen atoms in total. The van der Waals surface area contributed by atoms with Crippen LogP contribution in [-0.2, 0) is 10.0 Å². The van der Waals surface area contributed by atoms with Crippen molar-refractivity contribution in [3.63, 3.8) is 0 Å². The minimum atomic E-state index is -3.50. The van der Waals surface area contributed by atoms with Crippen molar-refractivity contribution in [2.24, 2.45) is 5.10 Å². The van der Waals surface area contributed by atoms with Gasteiger partial charge in [0.25, 0.3) is 0 Å². The van der Waals surface area contributed by atoms with Crippen LogP contribution in [0.25, 0.3) is 5.69 Å². The number of hydrogen-bond donors (Lipinski definition) is 0. The SMILES string of the molecule is CN(C)c1ccc(C2CC(c3ccc(-n4cncn4)cc3)=NN2S(C)(=O)=O)cc1. The Morgan fingerprint density at radius 3 is 2.28 bits per heavy atom. The molecular weight excluding hydrogens is 388 g/mol. The third kappa shape index (κ3) is 3.86. The van der Waals surface area contributed by atoms with Crippen molar-refractivity contribution in [2.75, 3.05) is 25.3 Å². The van der Waals surface area contributed by atoms with Crippen LogP contribution < -0.4 is 4.90 Å². The molecule has 0 saturated heterocycles. The highest BCUT2D eigenvalue weighted by Gasteiger charge is 2.34. The molecule has 29 heavy (non-hydrogen) atoms. The van der Waals surface area contributed by atoms with E-state index in [0.29, 0.717) is 6.42 Å². The first kappa shape index (κ1) is 19.1. The first-order chi connectivity index (χ1) is 13.8. The van der Waals surface area contributed by atoms with Crippen molar-refractivity contribution in [1.29, 1.82) is 0 Å². The van der Waals surface area contributed by atoms with Crippen molar-refractivity contribution in [3.05, 3.63) is 72.3 Å². The highest BCUT2D eigenvalue weighted by atomic mass is 32.2. The zero-order valence-electron chi connectivity index (χ0n) is 16.5. The van der Waals surface area contributed by atoms with Crippen LogP contribution in [0.15, 0.2) is 66.3 Å². The summed E-state index contributed by atoms with van der Waals surface area (Å²) in [5.74, 6) is 0. The molecular formula is C20H22N6O2S. The third-order valence-corrected chi connectivity index (χ3v) is 5.91. The third-order valence-electron chi connectivity index (χ3n) is 4.89. The molecule has 1 aliphatic rings. The maximum atomic E-state index is 12.4. The molecule has 1 aliphatic heterocycles. The molecule has 2 aromatic carbocycles. The van der Waals surface area contributed by atoms with Gasteiger partial charge in [0.15, 0.2) is 0 Å². The summed E-state index contributed by atoms with van der Waals surface area (Å²) in [6.45, 7) is 0. The number of aromatic nitrogens is 3. The van der Waals surface area contributed by atoms with E-state index in [0.717, 1.165) is 28.2 Å². The summed E-state index contributed by atoms with van der Waals surface area (Å²) in [7, 11) is 0.442. The van der Waals surface area contributed by atoms with Crippen LogP contribution in [0.2, 0.25) is 0 Å². The zero-order valence-corrected chi connectivity index (χ0v) is 17.3. The lowest BCUT2D eigenvalue weighted by Gasteiger charge is -2.22. The topological polar surface area (TPSA) is 83.7 Å². The first-order valence-electron chi connectivity index (χ1n) is 9.12. The van der Waals surface area contributed by atoms with Crippen LogP contribution in [0.4, 0.5) is 5.69 Å². The van der Waals surface area contributed by atoms with Gasteiger partial charge < -0.3 is 4.90 Å². The second kappa shape index (κ2) is 7.32.